The first kappa shape index (κ1) is 33.0. The third-order valence-electron chi connectivity index (χ3n) is 7.86. The number of rotatable bonds is 20. The minimum absolute atomic E-state index is 0.0326. The second-order valence-electron chi connectivity index (χ2n) is 12.5. The summed E-state index contributed by atoms with van der Waals surface area (Å²) in [6.45, 7) is 8.53. The Labute approximate surface area is 236 Å². The van der Waals surface area contributed by atoms with Gasteiger partial charge in [-0.25, -0.2) is 0 Å². The molecule has 0 aromatic rings. The standard InChI is InChI=1S/C30H55N5O4/c1-30(2,3)34-22-28(39)33-20-11-5-4-10-18-31-25(36)14-7-6-12-19-32-26(37)15-9-8-13-23-16-17-24-21-27(38)35-29(23)24/h23-24,29,34H,4-22H2,1-3H3,(H,31,36)(H,32,37)(H,33,39)(H,35,38)/t23?,24-,29-/m1/s1. The molecule has 1 aliphatic carbocycles. The van der Waals surface area contributed by atoms with E-state index in [1.807, 2.05) is 20.8 Å². The van der Waals surface area contributed by atoms with Crippen molar-refractivity contribution in [2.24, 2.45) is 11.8 Å². The van der Waals surface area contributed by atoms with Crippen molar-refractivity contribution in [3.05, 3.63) is 0 Å². The van der Waals surface area contributed by atoms with Crippen LogP contribution in [-0.4, -0.2) is 61.4 Å². The lowest BCUT2D eigenvalue weighted by molar-refractivity contribution is -0.122. The average Bonchev–Trinajstić information content (AvgIpc) is 3.43. The van der Waals surface area contributed by atoms with Gasteiger partial charge in [-0.2, -0.15) is 0 Å². The normalized spacial score (nSPS) is 20.4. The molecule has 9 nitrogen and oxygen atoms in total. The fraction of sp³-hybridized carbons (Fsp3) is 0.867. The van der Waals surface area contributed by atoms with Crippen LogP contribution in [0.5, 0.6) is 0 Å². The number of carbonyl (C=O) groups excluding carboxylic acids is 4. The summed E-state index contributed by atoms with van der Waals surface area (Å²) in [7, 11) is 0. The van der Waals surface area contributed by atoms with Gasteiger partial charge in [-0.1, -0.05) is 25.7 Å². The molecule has 0 bridgehead atoms. The maximum Gasteiger partial charge on any atom is 0.233 e. The Morgan fingerprint density at radius 3 is 1.87 bits per heavy atom. The molecule has 0 spiro atoms. The van der Waals surface area contributed by atoms with E-state index in [-0.39, 0.29) is 29.2 Å². The molecule has 1 saturated heterocycles. The molecule has 0 aromatic heterocycles. The summed E-state index contributed by atoms with van der Waals surface area (Å²) in [6.07, 6.45) is 13.9. The Bertz CT molecular complexity index is 767. The predicted octanol–water partition coefficient (Wildman–Crippen LogP) is 3.32. The molecular formula is C30H55N5O4. The van der Waals surface area contributed by atoms with Crippen molar-refractivity contribution in [1.82, 2.24) is 26.6 Å². The molecule has 1 saturated carbocycles. The van der Waals surface area contributed by atoms with Crippen LogP contribution >= 0.6 is 0 Å². The molecule has 2 aliphatic rings. The Kier molecular flexibility index (Phi) is 15.5. The molecule has 1 heterocycles. The third kappa shape index (κ3) is 15.3. The molecule has 0 aromatic carbocycles. The average molecular weight is 550 g/mol. The fourth-order valence-electron chi connectivity index (χ4n) is 5.59. The molecule has 1 aliphatic heterocycles. The lowest BCUT2D eigenvalue weighted by Crippen LogP contribution is -2.43. The van der Waals surface area contributed by atoms with E-state index in [0.29, 0.717) is 63.3 Å². The summed E-state index contributed by atoms with van der Waals surface area (Å²) < 4.78 is 0. The van der Waals surface area contributed by atoms with Crippen molar-refractivity contribution in [3.63, 3.8) is 0 Å². The highest BCUT2D eigenvalue weighted by Gasteiger charge is 2.41. The number of hydrogen-bond donors (Lipinski definition) is 5. The number of nitrogens with one attached hydrogen (secondary N) is 5. The molecule has 2 fully saturated rings. The second-order valence-corrected chi connectivity index (χ2v) is 12.5. The molecule has 4 amide bonds. The van der Waals surface area contributed by atoms with Crippen molar-refractivity contribution in [2.75, 3.05) is 26.2 Å². The molecule has 224 valence electrons. The number of amides is 4. The van der Waals surface area contributed by atoms with Crippen molar-refractivity contribution < 1.29 is 19.2 Å². The summed E-state index contributed by atoms with van der Waals surface area (Å²) in [5.74, 6) is 1.59. The zero-order valence-corrected chi connectivity index (χ0v) is 24.8. The van der Waals surface area contributed by atoms with Gasteiger partial charge in [0.2, 0.25) is 23.6 Å². The maximum atomic E-state index is 12.1. The van der Waals surface area contributed by atoms with Gasteiger partial charge in [-0.15, -0.1) is 0 Å². The van der Waals surface area contributed by atoms with Gasteiger partial charge >= 0.3 is 0 Å². The summed E-state index contributed by atoms with van der Waals surface area (Å²) in [5, 5.41) is 15.2. The maximum absolute atomic E-state index is 12.1. The van der Waals surface area contributed by atoms with Gasteiger partial charge in [0.1, 0.15) is 0 Å². The van der Waals surface area contributed by atoms with Gasteiger partial charge in [-0.05, 0) is 84.0 Å². The molecular weight excluding hydrogens is 494 g/mol. The topological polar surface area (TPSA) is 128 Å². The van der Waals surface area contributed by atoms with Crippen molar-refractivity contribution in [1.29, 1.82) is 0 Å². The van der Waals surface area contributed by atoms with Crippen LogP contribution in [0.25, 0.3) is 0 Å². The zero-order valence-electron chi connectivity index (χ0n) is 24.8. The Balaban J connectivity index is 1.31. The van der Waals surface area contributed by atoms with E-state index in [2.05, 4.69) is 26.6 Å². The highest BCUT2D eigenvalue weighted by atomic mass is 16.2. The Morgan fingerprint density at radius 2 is 1.28 bits per heavy atom. The van der Waals surface area contributed by atoms with E-state index < -0.39 is 0 Å². The first-order valence-electron chi connectivity index (χ1n) is 15.5. The van der Waals surface area contributed by atoms with Crippen molar-refractivity contribution in [2.45, 2.75) is 129 Å². The second kappa shape index (κ2) is 18.2. The largest absolute Gasteiger partial charge is 0.356 e. The van der Waals surface area contributed by atoms with Crippen LogP contribution in [0.1, 0.15) is 117 Å². The zero-order chi connectivity index (χ0) is 28.5. The van der Waals surface area contributed by atoms with Gasteiger partial charge in [0.05, 0.1) is 6.54 Å². The minimum Gasteiger partial charge on any atom is -0.356 e. The monoisotopic (exact) mass is 549 g/mol. The summed E-state index contributed by atoms with van der Waals surface area (Å²) in [6, 6.07) is 0.381. The van der Waals surface area contributed by atoms with Crippen LogP contribution in [0.3, 0.4) is 0 Å². The first-order chi connectivity index (χ1) is 18.6. The highest BCUT2D eigenvalue weighted by Crippen LogP contribution is 2.39. The number of unbranched alkanes of at least 4 members (excludes halogenated alkanes) is 6. The van der Waals surface area contributed by atoms with Crippen molar-refractivity contribution >= 4 is 23.6 Å². The van der Waals surface area contributed by atoms with E-state index in [0.717, 1.165) is 70.6 Å². The summed E-state index contributed by atoms with van der Waals surface area (Å²) >= 11 is 0. The number of hydrogen-bond acceptors (Lipinski definition) is 5. The molecule has 5 N–H and O–H groups in total. The van der Waals surface area contributed by atoms with Crippen LogP contribution in [0, 0.1) is 11.8 Å². The highest BCUT2D eigenvalue weighted by molar-refractivity contribution is 5.79. The third-order valence-corrected chi connectivity index (χ3v) is 7.86. The molecule has 0 radical (unpaired) electrons. The Morgan fingerprint density at radius 1 is 0.744 bits per heavy atom. The van der Waals surface area contributed by atoms with E-state index in [4.69, 9.17) is 0 Å². The summed E-state index contributed by atoms with van der Waals surface area (Å²) in [5.41, 5.74) is -0.0579. The van der Waals surface area contributed by atoms with E-state index in [9.17, 15) is 19.2 Å². The van der Waals surface area contributed by atoms with Gasteiger partial charge in [0.25, 0.3) is 0 Å². The number of fused-ring (bicyclic) bond motifs is 1. The van der Waals surface area contributed by atoms with Gasteiger partial charge in [-0.3, -0.25) is 19.2 Å². The van der Waals surface area contributed by atoms with Gasteiger partial charge in [0.15, 0.2) is 0 Å². The van der Waals surface area contributed by atoms with Crippen LogP contribution in [0.4, 0.5) is 0 Å². The Hall–Kier alpha value is -2.16. The van der Waals surface area contributed by atoms with E-state index in [1.54, 1.807) is 0 Å². The fourth-order valence-corrected chi connectivity index (χ4v) is 5.59. The number of carbonyl (C=O) groups is 4. The van der Waals surface area contributed by atoms with Crippen LogP contribution < -0.4 is 26.6 Å². The van der Waals surface area contributed by atoms with Crippen LogP contribution in [-0.2, 0) is 19.2 Å². The van der Waals surface area contributed by atoms with Crippen molar-refractivity contribution in [3.8, 4) is 0 Å². The lowest BCUT2D eigenvalue weighted by atomic mass is 9.94. The van der Waals surface area contributed by atoms with Gasteiger partial charge < -0.3 is 26.6 Å². The predicted molar refractivity (Wildman–Crippen MR) is 155 cm³/mol. The SMILES string of the molecule is CC(C)(C)NCC(=O)NCCCCCCNC(=O)CCCCCNC(=O)CCCCC1CC[C@@H]2CC(=O)N[C@H]12. The molecule has 3 atom stereocenters. The van der Waals surface area contributed by atoms with Crippen LogP contribution in [0.15, 0.2) is 0 Å². The quantitative estimate of drug-likeness (QED) is 0.149. The van der Waals surface area contributed by atoms with Crippen LogP contribution in [0.2, 0.25) is 0 Å². The van der Waals surface area contributed by atoms with E-state index >= 15 is 0 Å². The molecule has 39 heavy (non-hydrogen) atoms. The summed E-state index contributed by atoms with van der Waals surface area (Å²) in [4.78, 5) is 47.4. The molecule has 1 unspecified atom stereocenters. The molecule has 2 rings (SSSR count). The smallest absolute Gasteiger partial charge is 0.233 e. The van der Waals surface area contributed by atoms with Gasteiger partial charge in [0, 0.05) is 50.5 Å². The lowest BCUT2D eigenvalue weighted by Gasteiger charge is -2.19. The first-order valence-corrected chi connectivity index (χ1v) is 15.5. The minimum atomic E-state index is -0.0579. The molecule has 9 heteroatoms. The van der Waals surface area contributed by atoms with E-state index in [1.165, 1.54) is 6.42 Å².